The second-order valence-electron chi connectivity index (χ2n) is 8.59. The number of nitrogens with zero attached hydrogens (tertiary/aromatic N) is 3. The molecule has 0 spiro atoms. The van der Waals surface area contributed by atoms with E-state index in [9.17, 15) is 8.42 Å². The maximum atomic E-state index is 11.6. The molecule has 29 heavy (non-hydrogen) atoms. The second kappa shape index (κ2) is 9.18. The van der Waals surface area contributed by atoms with Gasteiger partial charge in [-0.25, -0.2) is 13.1 Å². The Morgan fingerprint density at radius 2 is 1.79 bits per heavy atom. The van der Waals surface area contributed by atoms with Crippen LogP contribution in [0, 0.1) is 0 Å². The first-order valence-corrected chi connectivity index (χ1v) is 13.0. The summed E-state index contributed by atoms with van der Waals surface area (Å²) in [7, 11) is -3.16. The van der Waals surface area contributed by atoms with Crippen LogP contribution in [-0.2, 0) is 15.4 Å². The summed E-state index contributed by atoms with van der Waals surface area (Å²) in [5.74, 6) is 1.64. The first-order chi connectivity index (χ1) is 13.7. The standard InChI is InChI=1S/C21H32N4O2S2/c1-5-29(26,27)22-14-15-28-20-24-23-19(25(20)18-8-6-7-9-18)16-10-12-17(13-11-16)21(2,3)4/h10-13,18,22H,5-9,14-15H2,1-4H3. The highest BCUT2D eigenvalue weighted by molar-refractivity contribution is 7.99. The predicted octanol–water partition coefficient (Wildman–Crippen LogP) is 4.39. The first-order valence-electron chi connectivity index (χ1n) is 10.4. The lowest BCUT2D eigenvalue weighted by molar-refractivity contribution is 0.485. The van der Waals surface area contributed by atoms with Crippen molar-refractivity contribution in [3.63, 3.8) is 0 Å². The average Bonchev–Trinajstić information content (AvgIpc) is 3.34. The third kappa shape index (κ3) is 5.61. The maximum Gasteiger partial charge on any atom is 0.211 e. The van der Waals surface area contributed by atoms with Gasteiger partial charge in [0.2, 0.25) is 10.0 Å². The second-order valence-corrected chi connectivity index (χ2v) is 11.7. The molecule has 1 aromatic carbocycles. The zero-order valence-corrected chi connectivity index (χ0v) is 19.4. The summed E-state index contributed by atoms with van der Waals surface area (Å²) in [4.78, 5) is 0. The van der Waals surface area contributed by atoms with E-state index in [-0.39, 0.29) is 11.2 Å². The van der Waals surface area contributed by atoms with Gasteiger partial charge in [-0.2, -0.15) is 0 Å². The molecule has 0 unspecified atom stereocenters. The Balaban J connectivity index is 1.81. The Bertz CT molecular complexity index is 909. The summed E-state index contributed by atoms with van der Waals surface area (Å²) in [5.41, 5.74) is 2.49. The summed E-state index contributed by atoms with van der Waals surface area (Å²) in [6.07, 6.45) is 4.74. The fourth-order valence-electron chi connectivity index (χ4n) is 3.62. The van der Waals surface area contributed by atoms with Crippen LogP contribution in [0.25, 0.3) is 11.4 Å². The van der Waals surface area contributed by atoms with Crippen molar-refractivity contribution < 1.29 is 8.42 Å². The SMILES string of the molecule is CCS(=O)(=O)NCCSc1nnc(-c2ccc(C(C)(C)C)cc2)n1C1CCCC1. The molecule has 0 aliphatic heterocycles. The van der Waals surface area contributed by atoms with Gasteiger partial charge in [0.15, 0.2) is 11.0 Å². The maximum absolute atomic E-state index is 11.6. The van der Waals surface area contributed by atoms with Crippen molar-refractivity contribution in [2.75, 3.05) is 18.1 Å². The molecule has 0 atom stereocenters. The molecule has 8 heteroatoms. The van der Waals surface area contributed by atoms with Gasteiger partial charge in [-0.1, -0.05) is 69.6 Å². The van der Waals surface area contributed by atoms with Crippen LogP contribution in [0.15, 0.2) is 29.4 Å². The summed E-state index contributed by atoms with van der Waals surface area (Å²) in [6, 6.07) is 9.04. The summed E-state index contributed by atoms with van der Waals surface area (Å²) in [5, 5.41) is 9.86. The predicted molar refractivity (Wildman–Crippen MR) is 120 cm³/mol. The number of hydrogen-bond donors (Lipinski definition) is 1. The first kappa shape index (κ1) is 22.3. The number of hydrogen-bond acceptors (Lipinski definition) is 5. The molecule has 0 bridgehead atoms. The highest BCUT2D eigenvalue weighted by Gasteiger charge is 2.25. The van der Waals surface area contributed by atoms with E-state index in [4.69, 9.17) is 0 Å². The van der Waals surface area contributed by atoms with Crippen LogP contribution >= 0.6 is 11.8 Å². The number of aromatic nitrogens is 3. The number of benzene rings is 1. The van der Waals surface area contributed by atoms with Crippen molar-refractivity contribution in [2.24, 2.45) is 0 Å². The molecule has 1 fully saturated rings. The van der Waals surface area contributed by atoms with E-state index < -0.39 is 10.0 Å². The fraction of sp³-hybridized carbons (Fsp3) is 0.619. The van der Waals surface area contributed by atoms with Crippen molar-refractivity contribution in [2.45, 2.75) is 70.0 Å². The number of thioether (sulfide) groups is 1. The van der Waals surface area contributed by atoms with Crippen molar-refractivity contribution in [3.05, 3.63) is 29.8 Å². The zero-order valence-electron chi connectivity index (χ0n) is 17.8. The van der Waals surface area contributed by atoms with Gasteiger partial charge in [-0.3, -0.25) is 4.57 Å². The molecule has 1 heterocycles. The average molecular weight is 437 g/mol. The van der Waals surface area contributed by atoms with Crippen LogP contribution in [0.5, 0.6) is 0 Å². The molecule has 0 radical (unpaired) electrons. The highest BCUT2D eigenvalue weighted by Crippen LogP contribution is 2.37. The Labute approximate surface area is 178 Å². The van der Waals surface area contributed by atoms with Crippen LogP contribution in [0.2, 0.25) is 0 Å². The molecule has 1 saturated carbocycles. The van der Waals surface area contributed by atoms with Crippen LogP contribution in [0.4, 0.5) is 0 Å². The lowest BCUT2D eigenvalue weighted by atomic mass is 9.86. The van der Waals surface area contributed by atoms with E-state index in [0.717, 1.165) is 29.4 Å². The number of nitrogens with one attached hydrogen (secondary N) is 1. The third-order valence-electron chi connectivity index (χ3n) is 5.40. The van der Waals surface area contributed by atoms with E-state index in [2.05, 4.69) is 64.5 Å². The Kier molecular flexibility index (Phi) is 7.06. The van der Waals surface area contributed by atoms with Crippen molar-refractivity contribution in [1.29, 1.82) is 0 Å². The monoisotopic (exact) mass is 436 g/mol. The van der Waals surface area contributed by atoms with Crippen molar-refractivity contribution in [1.82, 2.24) is 19.5 Å². The van der Waals surface area contributed by atoms with E-state index in [0.29, 0.717) is 18.3 Å². The minimum absolute atomic E-state index is 0.102. The summed E-state index contributed by atoms with van der Waals surface area (Å²) in [6.45, 7) is 8.68. The molecule has 1 N–H and O–H groups in total. The molecular weight excluding hydrogens is 404 g/mol. The molecule has 1 aliphatic rings. The zero-order chi connectivity index (χ0) is 21.1. The molecule has 1 aliphatic carbocycles. The molecule has 0 amide bonds. The van der Waals surface area contributed by atoms with Gasteiger partial charge >= 0.3 is 0 Å². The molecule has 160 valence electrons. The molecule has 3 rings (SSSR count). The van der Waals surface area contributed by atoms with Gasteiger partial charge in [0, 0.05) is 23.9 Å². The van der Waals surface area contributed by atoms with Gasteiger partial charge in [0.1, 0.15) is 0 Å². The van der Waals surface area contributed by atoms with E-state index in [1.165, 1.54) is 18.4 Å². The van der Waals surface area contributed by atoms with Crippen LogP contribution in [-0.4, -0.2) is 41.2 Å². The Morgan fingerprint density at radius 3 is 2.38 bits per heavy atom. The van der Waals surface area contributed by atoms with Gasteiger partial charge < -0.3 is 0 Å². The molecular formula is C21H32N4O2S2. The number of sulfonamides is 1. The molecule has 1 aromatic heterocycles. The lowest BCUT2D eigenvalue weighted by Gasteiger charge is -2.20. The van der Waals surface area contributed by atoms with Gasteiger partial charge in [-0.15, -0.1) is 10.2 Å². The van der Waals surface area contributed by atoms with Crippen LogP contribution in [0.3, 0.4) is 0 Å². The third-order valence-corrected chi connectivity index (χ3v) is 7.75. The minimum atomic E-state index is -3.16. The van der Waals surface area contributed by atoms with Gasteiger partial charge in [-0.05, 0) is 30.7 Å². The lowest BCUT2D eigenvalue weighted by Crippen LogP contribution is -2.27. The van der Waals surface area contributed by atoms with E-state index >= 15 is 0 Å². The smallest absolute Gasteiger partial charge is 0.211 e. The molecule has 6 nitrogen and oxygen atoms in total. The van der Waals surface area contributed by atoms with Crippen LogP contribution < -0.4 is 4.72 Å². The normalized spacial score (nSPS) is 15.9. The Hall–Kier alpha value is -1.38. The van der Waals surface area contributed by atoms with Crippen LogP contribution in [0.1, 0.15) is 65.0 Å². The van der Waals surface area contributed by atoms with E-state index in [1.54, 1.807) is 18.7 Å². The van der Waals surface area contributed by atoms with Gasteiger partial charge in [0.05, 0.1) is 5.75 Å². The quantitative estimate of drug-likeness (QED) is 0.491. The largest absolute Gasteiger partial charge is 0.299 e. The minimum Gasteiger partial charge on any atom is -0.299 e. The Morgan fingerprint density at radius 1 is 1.14 bits per heavy atom. The van der Waals surface area contributed by atoms with Gasteiger partial charge in [0.25, 0.3) is 0 Å². The topological polar surface area (TPSA) is 76.9 Å². The highest BCUT2D eigenvalue weighted by atomic mass is 32.2. The summed E-state index contributed by atoms with van der Waals surface area (Å²) < 4.78 is 28.1. The molecule has 2 aromatic rings. The van der Waals surface area contributed by atoms with Crippen molar-refractivity contribution in [3.8, 4) is 11.4 Å². The number of rotatable bonds is 8. The summed E-state index contributed by atoms with van der Waals surface area (Å²) >= 11 is 1.57. The van der Waals surface area contributed by atoms with E-state index in [1.807, 2.05) is 0 Å². The molecule has 0 saturated heterocycles. The van der Waals surface area contributed by atoms with Crippen molar-refractivity contribution >= 4 is 21.8 Å². The fourth-order valence-corrected chi connectivity index (χ4v) is 5.23.